The van der Waals surface area contributed by atoms with Gasteiger partial charge < -0.3 is 9.32 Å². The monoisotopic (exact) mass is 394 g/mol. The van der Waals surface area contributed by atoms with Crippen molar-refractivity contribution < 1.29 is 13.4 Å². The third-order valence-electron chi connectivity index (χ3n) is 4.61. The molecule has 5 nitrogen and oxygen atoms in total. The lowest BCUT2D eigenvalue weighted by Gasteiger charge is -2.23. The van der Waals surface area contributed by atoms with Crippen LogP contribution in [0.5, 0.6) is 0 Å². The quantitative estimate of drug-likeness (QED) is 0.767. The van der Waals surface area contributed by atoms with Crippen LogP contribution in [-0.2, 0) is 21.3 Å². The maximum absolute atomic E-state index is 12.7. The summed E-state index contributed by atoms with van der Waals surface area (Å²) in [4.78, 5) is 18.9. The van der Waals surface area contributed by atoms with Gasteiger partial charge >= 0.3 is 0 Å². The van der Waals surface area contributed by atoms with Gasteiger partial charge in [-0.3, -0.25) is 9.00 Å². The molecule has 0 N–H and O–H groups in total. The minimum Gasteiger partial charge on any atom is -0.444 e. The van der Waals surface area contributed by atoms with Gasteiger partial charge in [0.15, 0.2) is 0 Å². The highest BCUT2D eigenvalue weighted by Crippen LogP contribution is 2.27. The molecule has 140 valence electrons. The summed E-state index contributed by atoms with van der Waals surface area (Å²) in [6.45, 7) is 3.26. The zero-order valence-corrected chi connectivity index (χ0v) is 16.4. The van der Waals surface area contributed by atoms with Gasteiger partial charge in [-0.1, -0.05) is 36.6 Å². The number of hydrogen-bond donors (Lipinski definition) is 0. The Balaban J connectivity index is 1.64. The molecule has 7 heteroatoms. The highest BCUT2D eigenvalue weighted by atomic mass is 35.5. The Morgan fingerprint density at radius 1 is 1.27 bits per heavy atom. The van der Waals surface area contributed by atoms with E-state index >= 15 is 0 Å². The molecule has 1 amide bonds. The summed E-state index contributed by atoms with van der Waals surface area (Å²) in [5, 5.41) is 0.000273. The molecular weight excluding hydrogens is 372 g/mol. The van der Waals surface area contributed by atoms with Crippen LogP contribution < -0.4 is 0 Å². The minimum absolute atomic E-state index is 0.0277. The molecule has 2 heterocycles. The van der Waals surface area contributed by atoms with Crippen molar-refractivity contribution in [2.75, 3.05) is 13.1 Å². The number of likely N-dealkylation sites (tertiary alicyclic amines) is 1. The smallest absolute Gasteiger partial charge is 0.238 e. The number of nitrogens with zero attached hydrogens (tertiary/aromatic N) is 2. The van der Waals surface area contributed by atoms with E-state index in [1.165, 1.54) is 6.26 Å². The predicted molar refractivity (Wildman–Crippen MR) is 103 cm³/mol. The van der Waals surface area contributed by atoms with E-state index in [0.717, 1.165) is 38.8 Å². The number of carbonyl (C=O) groups excluding carboxylic acids is 1. The van der Waals surface area contributed by atoms with Crippen LogP contribution in [0.1, 0.15) is 38.3 Å². The van der Waals surface area contributed by atoms with Crippen LogP contribution in [0, 0.1) is 0 Å². The van der Waals surface area contributed by atoms with Crippen molar-refractivity contribution in [2.45, 2.75) is 43.6 Å². The van der Waals surface area contributed by atoms with Gasteiger partial charge in [0, 0.05) is 23.9 Å². The number of aromatic nitrogens is 1. The molecule has 0 bridgehead atoms. The zero-order chi connectivity index (χ0) is 18.5. The first-order valence-electron chi connectivity index (χ1n) is 8.91. The SMILES string of the molecule is CC(C(=O)N1CCCCCC1)S(=O)Cc1coc(-c2ccccc2Cl)n1. The Bertz CT molecular complexity index is 785. The molecule has 0 aliphatic carbocycles. The predicted octanol–water partition coefficient (Wildman–Crippen LogP) is 4.03. The Morgan fingerprint density at radius 2 is 1.96 bits per heavy atom. The normalized spacial score (nSPS) is 17.5. The largest absolute Gasteiger partial charge is 0.444 e. The third kappa shape index (κ3) is 4.54. The van der Waals surface area contributed by atoms with Crippen molar-refractivity contribution in [3.05, 3.63) is 41.2 Å². The molecule has 0 saturated carbocycles. The number of rotatable bonds is 5. The van der Waals surface area contributed by atoms with E-state index in [9.17, 15) is 9.00 Å². The maximum atomic E-state index is 12.7. The van der Waals surface area contributed by atoms with Crippen molar-refractivity contribution in [1.82, 2.24) is 9.88 Å². The van der Waals surface area contributed by atoms with Crippen molar-refractivity contribution in [2.24, 2.45) is 0 Å². The summed E-state index contributed by atoms with van der Waals surface area (Å²) in [6.07, 6.45) is 5.85. The molecule has 3 rings (SSSR count). The number of benzene rings is 1. The Kier molecular flexibility index (Phi) is 6.48. The maximum Gasteiger partial charge on any atom is 0.238 e. The van der Waals surface area contributed by atoms with Crippen molar-refractivity contribution in [1.29, 1.82) is 0 Å². The van der Waals surface area contributed by atoms with E-state index in [-0.39, 0.29) is 11.7 Å². The summed E-state index contributed by atoms with van der Waals surface area (Å²) < 4.78 is 18.1. The lowest BCUT2D eigenvalue weighted by molar-refractivity contribution is -0.130. The lowest BCUT2D eigenvalue weighted by Crippen LogP contribution is -2.40. The van der Waals surface area contributed by atoms with Gasteiger partial charge in [-0.05, 0) is 31.9 Å². The van der Waals surface area contributed by atoms with E-state index in [1.54, 1.807) is 13.0 Å². The van der Waals surface area contributed by atoms with Crippen molar-refractivity contribution in [3.63, 3.8) is 0 Å². The van der Waals surface area contributed by atoms with Crippen LogP contribution in [0.15, 0.2) is 34.9 Å². The number of hydrogen-bond acceptors (Lipinski definition) is 4. The van der Waals surface area contributed by atoms with E-state index in [1.807, 2.05) is 23.1 Å². The molecule has 26 heavy (non-hydrogen) atoms. The standard InChI is InChI=1S/C19H23ClN2O3S/c1-14(19(23)22-10-6-2-3-7-11-22)26(24)13-15-12-25-18(21-15)16-8-4-5-9-17(16)20/h4-5,8-9,12,14H,2-3,6-7,10-11,13H2,1H3. The Morgan fingerprint density at radius 3 is 2.65 bits per heavy atom. The topological polar surface area (TPSA) is 63.4 Å². The molecule has 1 saturated heterocycles. The van der Waals surface area contributed by atoms with Crippen LogP contribution in [0.2, 0.25) is 5.02 Å². The van der Waals surface area contributed by atoms with Crippen LogP contribution in [0.4, 0.5) is 0 Å². The summed E-state index contributed by atoms with van der Waals surface area (Å²) in [6, 6.07) is 7.27. The zero-order valence-electron chi connectivity index (χ0n) is 14.8. The van der Waals surface area contributed by atoms with Crippen LogP contribution >= 0.6 is 11.6 Å². The lowest BCUT2D eigenvalue weighted by atomic mass is 10.2. The van der Waals surface area contributed by atoms with E-state index in [2.05, 4.69) is 4.98 Å². The van der Waals surface area contributed by atoms with Gasteiger partial charge in [0.05, 0.1) is 22.0 Å². The van der Waals surface area contributed by atoms with Crippen LogP contribution in [0.25, 0.3) is 11.5 Å². The fourth-order valence-corrected chi connectivity index (χ4v) is 4.33. The molecule has 1 aromatic heterocycles. The summed E-state index contributed by atoms with van der Waals surface area (Å²) in [7, 11) is -1.35. The Labute approximate surface area is 161 Å². The highest BCUT2D eigenvalue weighted by molar-refractivity contribution is 7.85. The van der Waals surface area contributed by atoms with Gasteiger partial charge in [0.2, 0.25) is 11.8 Å². The first-order valence-corrected chi connectivity index (χ1v) is 10.7. The second-order valence-corrected chi connectivity index (χ2v) is 8.70. The number of amides is 1. The number of oxazole rings is 1. The van der Waals surface area contributed by atoms with Gasteiger partial charge in [0.1, 0.15) is 11.5 Å². The molecule has 2 atom stereocenters. The minimum atomic E-state index is -1.35. The molecule has 1 fully saturated rings. The average Bonchev–Trinajstić information content (AvgIpc) is 2.92. The molecule has 1 aromatic carbocycles. The second kappa shape index (κ2) is 8.82. The molecule has 1 aliphatic rings. The van der Waals surface area contributed by atoms with Gasteiger partial charge in [-0.2, -0.15) is 0 Å². The summed E-state index contributed by atoms with van der Waals surface area (Å²) >= 11 is 6.15. The fraction of sp³-hybridized carbons (Fsp3) is 0.474. The summed E-state index contributed by atoms with van der Waals surface area (Å²) in [5.41, 5.74) is 1.26. The molecule has 2 aromatic rings. The van der Waals surface area contributed by atoms with Gasteiger partial charge in [-0.15, -0.1) is 0 Å². The molecular formula is C19H23ClN2O3S. The third-order valence-corrected chi connectivity index (χ3v) is 6.51. The van der Waals surface area contributed by atoms with Crippen LogP contribution in [-0.4, -0.2) is 38.3 Å². The summed E-state index contributed by atoms with van der Waals surface area (Å²) in [5.74, 6) is 0.559. The second-order valence-electron chi connectivity index (χ2n) is 6.53. The number of halogens is 1. The highest BCUT2D eigenvalue weighted by Gasteiger charge is 2.26. The average molecular weight is 395 g/mol. The first-order chi connectivity index (χ1) is 12.6. The molecule has 2 unspecified atom stereocenters. The molecule has 1 aliphatic heterocycles. The van der Waals surface area contributed by atoms with Crippen molar-refractivity contribution in [3.8, 4) is 11.5 Å². The van der Waals surface area contributed by atoms with E-state index < -0.39 is 16.0 Å². The van der Waals surface area contributed by atoms with Gasteiger partial charge in [0.25, 0.3) is 0 Å². The first kappa shape index (κ1) is 19.1. The van der Waals surface area contributed by atoms with Crippen LogP contribution in [0.3, 0.4) is 0 Å². The number of carbonyl (C=O) groups is 1. The van der Waals surface area contributed by atoms with E-state index in [4.69, 9.17) is 16.0 Å². The molecule has 0 spiro atoms. The van der Waals surface area contributed by atoms with Gasteiger partial charge in [-0.25, -0.2) is 4.98 Å². The molecule has 0 radical (unpaired) electrons. The fourth-order valence-electron chi connectivity index (χ4n) is 3.06. The Hall–Kier alpha value is -1.66. The van der Waals surface area contributed by atoms with Crippen molar-refractivity contribution >= 4 is 28.3 Å². The van der Waals surface area contributed by atoms with E-state index in [0.29, 0.717) is 22.2 Å².